The molecule has 0 aliphatic heterocycles. The molecule has 98 valence electrons. The van der Waals surface area contributed by atoms with Crippen LogP contribution in [-0.4, -0.2) is 27.2 Å². The maximum absolute atomic E-state index is 11.8. The van der Waals surface area contributed by atoms with Crippen LogP contribution < -0.4 is 4.74 Å². The molecule has 0 atom stereocenters. The molecule has 0 saturated carbocycles. The van der Waals surface area contributed by atoms with E-state index >= 15 is 0 Å². The molecule has 2 aromatic rings. The van der Waals surface area contributed by atoms with Gasteiger partial charge in [-0.1, -0.05) is 0 Å². The molecule has 2 heterocycles. The fraction of sp³-hybridized carbons (Fsp3) is 0.357. The van der Waals surface area contributed by atoms with Crippen molar-refractivity contribution in [1.82, 2.24) is 14.8 Å². The van der Waals surface area contributed by atoms with Gasteiger partial charge < -0.3 is 4.74 Å². The lowest BCUT2D eigenvalue weighted by Crippen LogP contribution is -2.08. The first kappa shape index (κ1) is 11.9. The Labute approximate surface area is 111 Å². The summed E-state index contributed by atoms with van der Waals surface area (Å²) >= 11 is 0. The summed E-state index contributed by atoms with van der Waals surface area (Å²) in [6.45, 7) is 2.49. The molecular weight excluding hydrogens is 242 g/mol. The molecule has 1 aliphatic carbocycles. The highest BCUT2D eigenvalue weighted by atomic mass is 16.5. The smallest absolute Gasteiger partial charge is 0.215 e. The van der Waals surface area contributed by atoms with Gasteiger partial charge in [0.1, 0.15) is 0 Å². The van der Waals surface area contributed by atoms with Crippen molar-refractivity contribution in [2.24, 2.45) is 0 Å². The summed E-state index contributed by atoms with van der Waals surface area (Å²) < 4.78 is 7.11. The number of ketones is 1. The van der Waals surface area contributed by atoms with Crippen molar-refractivity contribution < 1.29 is 9.53 Å². The Balaban J connectivity index is 1.98. The molecule has 0 radical (unpaired) electrons. The number of Topliss-reactive ketones (excluding diaryl/α,β-unsaturated/α-hetero) is 1. The first-order valence-corrected chi connectivity index (χ1v) is 6.49. The molecule has 0 fully saturated rings. The highest BCUT2D eigenvalue weighted by Gasteiger charge is 2.21. The lowest BCUT2D eigenvalue weighted by molar-refractivity contribution is 0.0972. The molecule has 0 bridgehead atoms. The minimum Gasteiger partial charge on any atom is -0.478 e. The van der Waals surface area contributed by atoms with Crippen molar-refractivity contribution in [3.8, 4) is 11.6 Å². The number of aryl methyl sites for hydroxylation is 1. The average Bonchev–Trinajstić information content (AvgIpc) is 2.85. The van der Waals surface area contributed by atoms with Crippen LogP contribution >= 0.6 is 0 Å². The molecule has 2 aromatic heterocycles. The second-order valence-corrected chi connectivity index (χ2v) is 4.50. The minimum absolute atomic E-state index is 0.187. The van der Waals surface area contributed by atoms with E-state index in [0.717, 1.165) is 29.8 Å². The number of nitrogens with zero attached hydrogens (tertiary/aromatic N) is 3. The highest BCUT2D eigenvalue weighted by Crippen LogP contribution is 2.22. The Kier molecular flexibility index (Phi) is 3.03. The summed E-state index contributed by atoms with van der Waals surface area (Å²) in [7, 11) is 0. The van der Waals surface area contributed by atoms with E-state index in [1.165, 1.54) is 0 Å². The Hall–Kier alpha value is -2.17. The van der Waals surface area contributed by atoms with Gasteiger partial charge in [-0.2, -0.15) is 5.10 Å². The van der Waals surface area contributed by atoms with Crippen LogP contribution in [0.5, 0.6) is 5.88 Å². The van der Waals surface area contributed by atoms with E-state index in [-0.39, 0.29) is 5.78 Å². The number of fused-ring (bicyclic) bond motifs is 1. The molecule has 0 spiro atoms. The van der Waals surface area contributed by atoms with E-state index in [2.05, 4.69) is 10.1 Å². The van der Waals surface area contributed by atoms with Gasteiger partial charge in [0.05, 0.1) is 23.6 Å². The molecule has 0 N–H and O–H groups in total. The van der Waals surface area contributed by atoms with Crippen LogP contribution in [0, 0.1) is 0 Å². The number of hydrogen-bond acceptors (Lipinski definition) is 4. The van der Waals surface area contributed by atoms with Crippen molar-refractivity contribution in [3.63, 3.8) is 0 Å². The zero-order chi connectivity index (χ0) is 13.2. The zero-order valence-corrected chi connectivity index (χ0v) is 10.8. The third kappa shape index (κ3) is 2.23. The summed E-state index contributed by atoms with van der Waals surface area (Å²) in [5.41, 5.74) is 2.51. The normalized spacial score (nSPS) is 14.3. The molecule has 19 heavy (non-hydrogen) atoms. The summed E-state index contributed by atoms with van der Waals surface area (Å²) in [4.78, 5) is 15.9. The van der Waals surface area contributed by atoms with Crippen LogP contribution in [0.4, 0.5) is 0 Å². The van der Waals surface area contributed by atoms with Gasteiger partial charge in [0.15, 0.2) is 5.78 Å². The van der Waals surface area contributed by atoms with E-state index in [1.54, 1.807) is 10.9 Å². The second-order valence-electron chi connectivity index (χ2n) is 4.50. The Morgan fingerprint density at radius 3 is 3.11 bits per heavy atom. The third-order valence-corrected chi connectivity index (χ3v) is 3.18. The van der Waals surface area contributed by atoms with Crippen molar-refractivity contribution in [2.45, 2.75) is 26.2 Å². The van der Waals surface area contributed by atoms with Gasteiger partial charge in [-0.3, -0.25) is 4.79 Å². The van der Waals surface area contributed by atoms with Crippen LogP contribution in [0.3, 0.4) is 0 Å². The molecule has 5 nitrogen and oxygen atoms in total. The molecule has 3 rings (SSSR count). The molecule has 1 aliphatic rings. The van der Waals surface area contributed by atoms with E-state index in [0.29, 0.717) is 18.9 Å². The number of rotatable bonds is 3. The third-order valence-electron chi connectivity index (χ3n) is 3.18. The SMILES string of the molecule is CCOc1cc(-n2cc3c(n2)CCCC3=O)ccn1. The zero-order valence-electron chi connectivity index (χ0n) is 10.8. The number of carbonyl (C=O) groups is 1. The van der Waals surface area contributed by atoms with Crippen LogP contribution in [0.2, 0.25) is 0 Å². The number of hydrogen-bond donors (Lipinski definition) is 0. The van der Waals surface area contributed by atoms with Crippen molar-refractivity contribution in [2.75, 3.05) is 6.61 Å². The predicted molar refractivity (Wildman–Crippen MR) is 69.8 cm³/mol. The van der Waals surface area contributed by atoms with Crippen molar-refractivity contribution in [1.29, 1.82) is 0 Å². The Bertz CT molecular complexity index is 619. The molecule has 0 aromatic carbocycles. The summed E-state index contributed by atoms with van der Waals surface area (Å²) in [6, 6.07) is 3.68. The maximum Gasteiger partial charge on any atom is 0.215 e. The first-order chi connectivity index (χ1) is 9.28. The Morgan fingerprint density at radius 2 is 2.32 bits per heavy atom. The Morgan fingerprint density at radius 1 is 1.42 bits per heavy atom. The van der Waals surface area contributed by atoms with Crippen LogP contribution in [0.15, 0.2) is 24.5 Å². The predicted octanol–water partition coefficient (Wildman–Crippen LogP) is 2.18. The van der Waals surface area contributed by atoms with Crippen molar-refractivity contribution in [3.05, 3.63) is 35.8 Å². The fourth-order valence-corrected chi connectivity index (χ4v) is 2.28. The maximum atomic E-state index is 11.8. The van der Waals surface area contributed by atoms with Crippen LogP contribution in [0.25, 0.3) is 5.69 Å². The summed E-state index contributed by atoms with van der Waals surface area (Å²) in [6.07, 6.45) is 5.88. The average molecular weight is 257 g/mol. The van der Waals surface area contributed by atoms with Gasteiger partial charge >= 0.3 is 0 Å². The minimum atomic E-state index is 0.187. The summed E-state index contributed by atoms with van der Waals surface area (Å²) in [5.74, 6) is 0.756. The summed E-state index contributed by atoms with van der Waals surface area (Å²) in [5, 5.41) is 4.49. The molecule has 5 heteroatoms. The molecule has 0 unspecified atom stereocenters. The topological polar surface area (TPSA) is 57.0 Å². The van der Waals surface area contributed by atoms with Gasteiger partial charge in [-0.05, 0) is 25.8 Å². The number of pyridine rings is 1. The molecule has 0 amide bonds. The van der Waals surface area contributed by atoms with E-state index in [1.807, 2.05) is 25.3 Å². The fourth-order valence-electron chi connectivity index (χ4n) is 2.28. The van der Waals surface area contributed by atoms with Gasteiger partial charge in [0.25, 0.3) is 0 Å². The molecule has 0 saturated heterocycles. The second kappa shape index (κ2) is 4.84. The van der Waals surface area contributed by atoms with Gasteiger partial charge in [0, 0.05) is 24.9 Å². The lowest BCUT2D eigenvalue weighted by Gasteiger charge is -2.06. The largest absolute Gasteiger partial charge is 0.478 e. The molecular formula is C14H15N3O2. The van der Waals surface area contributed by atoms with E-state index < -0.39 is 0 Å². The quantitative estimate of drug-likeness (QED) is 0.845. The van der Waals surface area contributed by atoms with Gasteiger partial charge in [0.2, 0.25) is 5.88 Å². The first-order valence-electron chi connectivity index (χ1n) is 6.49. The van der Waals surface area contributed by atoms with Crippen molar-refractivity contribution >= 4 is 5.78 Å². The monoisotopic (exact) mass is 257 g/mol. The van der Waals surface area contributed by atoms with Gasteiger partial charge in [-0.15, -0.1) is 0 Å². The highest BCUT2D eigenvalue weighted by molar-refractivity contribution is 5.97. The van der Waals surface area contributed by atoms with Crippen LogP contribution in [0.1, 0.15) is 35.8 Å². The van der Waals surface area contributed by atoms with Gasteiger partial charge in [-0.25, -0.2) is 9.67 Å². The number of carbonyl (C=O) groups excluding carboxylic acids is 1. The van der Waals surface area contributed by atoms with E-state index in [4.69, 9.17) is 4.74 Å². The number of ether oxygens (including phenoxy) is 1. The van der Waals surface area contributed by atoms with Crippen LogP contribution in [-0.2, 0) is 6.42 Å². The van der Waals surface area contributed by atoms with E-state index in [9.17, 15) is 4.79 Å². The lowest BCUT2D eigenvalue weighted by atomic mass is 9.97. The standard InChI is InChI=1S/C14H15N3O2/c1-2-19-14-8-10(6-7-15-14)17-9-11-12(16-17)4-3-5-13(11)18/h6-9H,2-5H2,1H3. The number of aromatic nitrogens is 3.